The van der Waals surface area contributed by atoms with Gasteiger partial charge in [-0.3, -0.25) is 9.69 Å². The van der Waals surface area contributed by atoms with Crippen molar-refractivity contribution in [2.75, 3.05) is 26.2 Å². The summed E-state index contributed by atoms with van der Waals surface area (Å²) in [6.45, 7) is 11.4. The van der Waals surface area contributed by atoms with E-state index in [2.05, 4.69) is 29.2 Å². The Morgan fingerprint density at radius 1 is 1.32 bits per heavy atom. The van der Waals surface area contributed by atoms with Gasteiger partial charge in [-0.25, -0.2) is 0 Å². The van der Waals surface area contributed by atoms with Crippen molar-refractivity contribution in [3.63, 3.8) is 0 Å². The lowest BCUT2D eigenvalue weighted by atomic mass is 10.1. The third kappa shape index (κ3) is 4.81. The molecule has 2 unspecified atom stereocenters. The van der Waals surface area contributed by atoms with E-state index in [4.69, 9.17) is 9.26 Å². The molecule has 1 aromatic heterocycles. The molecule has 1 aliphatic rings. The van der Waals surface area contributed by atoms with Gasteiger partial charge in [0, 0.05) is 38.2 Å². The number of nitrogens with zero attached hydrogens (tertiary/aromatic N) is 2. The molecule has 0 aromatic carbocycles. The molecule has 0 spiro atoms. The number of carbonyl (C=O) groups excluding carboxylic acids is 1. The fraction of sp³-hybridized carbons (Fsp3) is 0.750. The average molecular weight is 309 g/mol. The highest BCUT2D eigenvalue weighted by Crippen LogP contribution is 2.14. The molecule has 2 heterocycles. The third-order valence-corrected chi connectivity index (χ3v) is 4.03. The number of amides is 1. The zero-order chi connectivity index (χ0) is 16.1. The fourth-order valence-electron chi connectivity index (χ4n) is 3.01. The Balaban J connectivity index is 1.66. The number of nitrogens with one attached hydrogen (secondary N) is 1. The van der Waals surface area contributed by atoms with Gasteiger partial charge in [-0.2, -0.15) is 0 Å². The maximum absolute atomic E-state index is 11.9. The number of carbonyl (C=O) groups is 1. The van der Waals surface area contributed by atoms with Crippen LogP contribution in [0, 0.1) is 13.8 Å². The van der Waals surface area contributed by atoms with Gasteiger partial charge < -0.3 is 14.6 Å². The fourth-order valence-corrected chi connectivity index (χ4v) is 3.01. The molecule has 124 valence electrons. The van der Waals surface area contributed by atoms with E-state index >= 15 is 0 Å². The molecule has 22 heavy (non-hydrogen) atoms. The van der Waals surface area contributed by atoms with Gasteiger partial charge in [0.05, 0.1) is 17.9 Å². The maximum Gasteiger partial charge on any atom is 0.220 e. The van der Waals surface area contributed by atoms with Crippen molar-refractivity contribution in [3.05, 3.63) is 17.0 Å². The first-order valence-electron chi connectivity index (χ1n) is 8.02. The first-order chi connectivity index (χ1) is 10.5. The van der Waals surface area contributed by atoms with E-state index in [9.17, 15) is 4.79 Å². The summed E-state index contributed by atoms with van der Waals surface area (Å²) in [4.78, 5) is 14.3. The quantitative estimate of drug-likeness (QED) is 0.861. The second kappa shape index (κ2) is 7.74. The summed E-state index contributed by atoms with van der Waals surface area (Å²) >= 11 is 0. The highest BCUT2D eigenvalue weighted by molar-refractivity contribution is 5.76. The molecule has 1 amide bonds. The molecule has 0 radical (unpaired) electrons. The predicted octanol–water partition coefficient (Wildman–Crippen LogP) is 1.45. The van der Waals surface area contributed by atoms with E-state index in [-0.39, 0.29) is 18.1 Å². The van der Waals surface area contributed by atoms with Crippen LogP contribution < -0.4 is 5.32 Å². The third-order valence-electron chi connectivity index (χ3n) is 4.03. The number of hydrogen-bond acceptors (Lipinski definition) is 5. The standard InChI is InChI=1S/C16H27N3O3/c1-11-9-19(10-12(2)21-11)8-7-17-16(20)6-5-15-13(3)18-22-14(15)4/h11-12H,5-10H2,1-4H3,(H,17,20). The zero-order valence-electron chi connectivity index (χ0n) is 14.0. The Labute approximate surface area is 132 Å². The van der Waals surface area contributed by atoms with Gasteiger partial charge in [0.2, 0.25) is 5.91 Å². The molecule has 0 saturated carbocycles. The minimum atomic E-state index is 0.0781. The summed E-state index contributed by atoms with van der Waals surface area (Å²) in [7, 11) is 0. The summed E-state index contributed by atoms with van der Waals surface area (Å²) in [5.41, 5.74) is 1.92. The smallest absolute Gasteiger partial charge is 0.220 e. The summed E-state index contributed by atoms with van der Waals surface area (Å²) in [6.07, 6.45) is 1.68. The lowest BCUT2D eigenvalue weighted by Gasteiger charge is -2.35. The second-order valence-corrected chi connectivity index (χ2v) is 6.17. The van der Waals surface area contributed by atoms with Crippen LogP contribution in [-0.2, 0) is 16.0 Å². The highest BCUT2D eigenvalue weighted by Gasteiger charge is 2.21. The number of ether oxygens (including phenoxy) is 1. The molecular weight excluding hydrogens is 282 g/mol. The maximum atomic E-state index is 11.9. The van der Waals surface area contributed by atoms with Crippen LogP contribution >= 0.6 is 0 Å². The van der Waals surface area contributed by atoms with Crippen molar-refractivity contribution >= 4 is 5.91 Å². The first kappa shape index (κ1) is 17.0. The monoisotopic (exact) mass is 309 g/mol. The van der Waals surface area contributed by atoms with E-state index in [1.807, 2.05) is 13.8 Å². The van der Waals surface area contributed by atoms with Crippen molar-refractivity contribution < 1.29 is 14.1 Å². The van der Waals surface area contributed by atoms with E-state index in [0.29, 0.717) is 19.4 Å². The van der Waals surface area contributed by atoms with Crippen LogP contribution in [0.2, 0.25) is 0 Å². The van der Waals surface area contributed by atoms with Crippen LogP contribution in [0.25, 0.3) is 0 Å². The van der Waals surface area contributed by atoms with Gasteiger partial charge in [0.25, 0.3) is 0 Å². The zero-order valence-corrected chi connectivity index (χ0v) is 14.0. The summed E-state index contributed by atoms with van der Waals surface area (Å²) in [5, 5.41) is 6.89. The van der Waals surface area contributed by atoms with E-state index in [0.717, 1.165) is 36.7 Å². The van der Waals surface area contributed by atoms with Crippen LogP contribution in [0.15, 0.2) is 4.52 Å². The van der Waals surface area contributed by atoms with Crippen molar-refractivity contribution in [3.8, 4) is 0 Å². The number of aromatic nitrogens is 1. The van der Waals surface area contributed by atoms with Gasteiger partial charge in [0.1, 0.15) is 5.76 Å². The minimum absolute atomic E-state index is 0.0781. The Kier molecular flexibility index (Phi) is 5.97. The highest BCUT2D eigenvalue weighted by atomic mass is 16.5. The normalized spacial score (nSPS) is 22.7. The van der Waals surface area contributed by atoms with Gasteiger partial charge in [-0.05, 0) is 34.1 Å². The van der Waals surface area contributed by atoms with E-state index in [1.54, 1.807) is 0 Å². The molecule has 2 atom stereocenters. The summed E-state index contributed by atoms with van der Waals surface area (Å²) in [6, 6.07) is 0. The van der Waals surface area contributed by atoms with Crippen LogP contribution in [0.4, 0.5) is 0 Å². The second-order valence-electron chi connectivity index (χ2n) is 6.17. The molecule has 0 bridgehead atoms. The summed E-state index contributed by atoms with van der Waals surface area (Å²) in [5.74, 6) is 0.885. The molecule has 1 aromatic rings. The Hall–Kier alpha value is -1.40. The lowest BCUT2D eigenvalue weighted by molar-refractivity contribution is -0.121. The number of morpholine rings is 1. The number of hydrogen-bond donors (Lipinski definition) is 1. The molecule has 0 aliphatic carbocycles. The predicted molar refractivity (Wildman–Crippen MR) is 83.8 cm³/mol. The molecule has 1 saturated heterocycles. The summed E-state index contributed by atoms with van der Waals surface area (Å²) < 4.78 is 10.8. The molecule has 6 heteroatoms. The van der Waals surface area contributed by atoms with Crippen molar-refractivity contribution in [2.45, 2.75) is 52.7 Å². The lowest BCUT2D eigenvalue weighted by Crippen LogP contribution is -2.47. The van der Waals surface area contributed by atoms with Gasteiger partial charge in [-0.15, -0.1) is 0 Å². The molecule has 2 rings (SSSR count). The van der Waals surface area contributed by atoms with E-state index in [1.165, 1.54) is 0 Å². The van der Waals surface area contributed by atoms with Crippen molar-refractivity contribution in [1.82, 2.24) is 15.4 Å². The van der Waals surface area contributed by atoms with Crippen molar-refractivity contribution in [2.24, 2.45) is 0 Å². The molecule has 1 aliphatic heterocycles. The van der Waals surface area contributed by atoms with Gasteiger partial charge in [-0.1, -0.05) is 5.16 Å². The van der Waals surface area contributed by atoms with Crippen molar-refractivity contribution in [1.29, 1.82) is 0 Å². The molecule has 6 nitrogen and oxygen atoms in total. The van der Waals surface area contributed by atoms with Crippen LogP contribution in [-0.4, -0.2) is 54.4 Å². The average Bonchev–Trinajstić information content (AvgIpc) is 2.75. The van der Waals surface area contributed by atoms with Crippen LogP contribution in [0.1, 0.15) is 37.3 Å². The Morgan fingerprint density at radius 2 is 2.00 bits per heavy atom. The molecule has 1 fully saturated rings. The van der Waals surface area contributed by atoms with Gasteiger partial charge >= 0.3 is 0 Å². The number of aryl methyl sites for hydroxylation is 2. The topological polar surface area (TPSA) is 67.6 Å². The van der Waals surface area contributed by atoms with Gasteiger partial charge in [0.15, 0.2) is 0 Å². The minimum Gasteiger partial charge on any atom is -0.373 e. The SMILES string of the molecule is Cc1noc(C)c1CCC(=O)NCCN1CC(C)OC(C)C1. The Bertz CT molecular complexity index is 471. The largest absolute Gasteiger partial charge is 0.373 e. The molecule has 1 N–H and O–H groups in total. The van der Waals surface area contributed by atoms with Crippen LogP contribution in [0.5, 0.6) is 0 Å². The van der Waals surface area contributed by atoms with Crippen LogP contribution in [0.3, 0.4) is 0 Å². The Morgan fingerprint density at radius 3 is 2.59 bits per heavy atom. The van der Waals surface area contributed by atoms with E-state index < -0.39 is 0 Å². The first-order valence-corrected chi connectivity index (χ1v) is 8.02. The number of rotatable bonds is 6. The molecular formula is C16H27N3O3.